The van der Waals surface area contributed by atoms with Crippen molar-refractivity contribution in [3.8, 4) is 5.82 Å². The predicted octanol–water partition coefficient (Wildman–Crippen LogP) is 2.66. The van der Waals surface area contributed by atoms with Gasteiger partial charge in [-0.25, -0.2) is 9.37 Å². The molecule has 3 aromatic rings. The highest BCUT2D eigenvalue weighted by molar-refractivity contribution is 5.93. The Balaban J connectivity index is 1.43. The van der Waals surface area contributed by atoms with E-state index in [-0.39, 0.29) is 17.5 Å². The molecule has 0 aliphatic carbocycles. The molecule has 1 fully saturated rings. The molecule has 8 heteroatoms. The first-order valence-corrected chi connectivity index (χ1v) is 8.83. The van der Waals surface area contributed by atoms with Crippen LogP contribution in [0.5, 0.6) is 0 Å². The first-order chi connectivity index (χ1) is 13.2. The number of carbonyl (C=O) groups excluding carboxylic acids is 1. The summed E-state index contributed by atoms with van der Waals surface area (Å²) in [6, 6.07) is 9.95. The number of aromatic nitrogens is 4. The van der Waals surface area contributed by atoms with Crippen LogP contribution >= 0.6 is 0 Å². The Hall–Kier alpha value is -3.29. The third-order valence-corrected chi connectivity index (χ3v) is 4.65. The predicted molar refractivity (Wildman–Crippen MR) is 99.1 cm³/mol. The average molecular weight is 366 g/mol. The van der Waals surface area contributed by atoms with Crippen LogP contribution in [0.25, 0.3) is 5.82 Å². The van der Waals surface area contributed by atoms with Crippen molar-refractivity contribution in [1.82, 2.24) is 19.7 Å². The molecule has 27 heavy (non-hydrogen) atoms. The molecular formula is C19H19FN6O. The second-order valence-corrected chi connectivity index (χ2v) is 6.47. The molecule has 0 saturated carbocycles. The number of anilines is 2. The number of amides is 1. The number of para-hydroxylation sites is 1. The van der Waals surface area contributed by atoms with Gasteiger partial charge in [-0.1, -0.05) is 12.1 Å². The van der Waals surface area contributed by atoms with Gasteiger partial charge in [0.2, 0.25) is 5.91 Å². The number of nitrogens with zero attached hydrogens (tertiary/aromatic N) is 5. The Morgan fingerprint density at radius 3 is 2.70 bits per heavy atom. The molecule has 0 bridgehead atoms. The van der Waals surface area contributed by atoms with Gasteiger partial charge in [0.15, 0.2) is 11.6 Å². The maximum Gasteiger partial charge on any atom is 0.229 e. The fraction of sp³-hybridized carbons (Fsp3) is 0.263. The minimum atomic E-state index is -0.431. The highest BCUT2D eigenvalue weighted by atomic mass is 19.1. The molecule has 1 aliphatic heterocycles. The van der Waals surface area contributed by atoms with Gasteiger partial charge >= 0.3 is 0 Å². The lowest BCUT2D eigenvalue weighted by Gasteiger charge is -2.32. The summed E-state index contributed by atoms with van der Waals surface area (Å²) in [5.41, 5.74) is 0.212. The van der Waals surface area contributed by atoms with E-state index < -0.39 is 5.82 Å². The normalized spacial score (nSPS) is 16.9. The van der Waals surface area contributed by atoms with Gasteiger partial charge in [0, 0.05) is 25.5 Å². The zero-order valence-corrected chi connectivity index (χ0v) is 14.6. The Morgan fingerprint density at radius 1 is 1.15 bits per heavy atom. The van der Waals surface area contributed by atoms with Gasteiger partial charge in [-0.05, 0) is 37.1 Å². The van der Waals surface area contributed by atoms with Crippen molar-refractivity contribution in [2.24, 2.45) is 5.92 Å². The maximum absolute atomic E-state index is 13.8. The Kier molecular flexibility index (Phi) is 4.78. The molecule has 1 atom stereocenters. The van der Waals surface area contributed by atoms with Crippen LogP contribution in [0.1, 0.15) is 12.8 Å². The van der Waals surface area contributed by atoms with E-state index in [4.69, 9.17) is 0 Å². The number of hydrogen-bond acceptors (Lipinski definition) is 5. The van der Waals surface area contributed by atoms with Gasteiger partial charge in [0.05, 0.1) is 11.6 Å². The van der Waals surface area contributed by atoms with Crippen molar-refractivity contribution in [1.29, 1.82) is 0 Å². The van der Waals surface area contributed by atoms with Gasteiger partial charge in [-0.3, -0.25) is 9.36 Å². The van der Waals surface area contributed by atoms with Crippen molar-refractivity contribution in [2.75, 3.05) is 23.3 Å². The number of rotatable bonds is 4. The molecule has 1 amide bonds. The molecule has 4 rings (SSSR count). The fourth-order valence-corrected chi connectivity index (χ4v) is 3.22. The molecule has 1 N–H and O–H groups in total. The van der Waals surface area contributed by atoms with Gasteiger partial charge in [0.25, 0.3) is 0 Å². The van der Waals surface area contributed by atoms with E-state index in [2.05, 4.69) is 20.5 Å². The zero-order chi connectivity index (χ0) is 18.6. The second kappa shape index (κ2) is 7.53. The summed E-state index contributed by atoms with van der Waals surface area (Å²) in [5.74, 6) is 0.574. The van der Waals surface area contributed by atoms with Crippen molar-refractivity contribution in [3.05, 3.63) is 60.9 Å². The highest BCUT2D eigenvalue weighted by Crippen LogP contribution is 2.23. The largest absolute Gasteiger partial charge is 0.354 e. The SMILES string of the molecule is O=C(Nc1ccccc1F)C1CCCN(c2ccc(-n3ccnc3)nn2)C1. The van der Waals surface area contributed by atoms with E-state index in [0.29, 0.717) is 12.4 Å². The van der Waals surface area contributed by atoms with Gasteiger partial charge in [-0.2, -0.15) is 0 Å². The van der Waals surface area contributed by atoms with Crippen LogP contribution in [0.15, 0.2) is 55.1 Å². The average Bonchev–Trinajstić information content (AvgIpc) is 3.25. The van der Waals surface area contributed by atoms with Crippen LogP contribution < -0.4 is 10.2 Å². The minimum absolute atomic E-state index is 0.173. The Bertz CT molecular complexity index is 912. The number of nitrogens with one attached hydrogen (secondary N) is 1. The van der Waals surface area contributed by atoms with Gasteiger partial charge < -0.3 is 10.2 Å². The van der Waals surface area contributed by atoms with Crippen molar-refractivity contribution in [3.63, 3.8) is 0 Å². The first kappa shape index (κ1) is 17.1. The van der Waals surface area contributed by atoms with Crippen LogP contribution in [-0.2, 0) is 4.79 Å². The number of carbonyl (C=O) groups is 1. The first-order valence-electron chi connectivity index (χ1n) is 8.83. The topological polar surface area (TPSA) is 75.9 Å². The lowest BCUT2D eigenvalue weighted by molar-refractivity contribution is -0.120. The van der Waals surface area contributed by atoms with Crippen molar-refractivity contribution in [2.45, 2.75) is 12.8 Å². The summed E-state index contributed by atoms with van der Waals surface area (Å²) in [6.07, 6.45) is 6.76. The van der Waals surface area contributed by atoms with E-state index in [1.807, 2.05) is 17.0 Å². The van der Waals surface area contributed by atoms with E-state index in [1.165, 1.54) is 6.07 Å². The summed E-state index contributed by atoms with van der Waals surface area (Å²) in [4.78, 5) is 18.6. The standard InChI is InChI=1S/C19H19FN6O/c20-15-5-1-2-6-16(15)22-19(27)14-4-3-10-25(12-14)17-7-8-18(24-23-17)26-11-9-21-13-26/h1-2,5-9,11,13-14H,3-4,10,12H2,(H,22,27). The number of benzene rings is 1. The molecule has 1 unspecified atom stereocenters. The zero-order valence-electron chi connectivity index (χ0n) is 14.6. The Labute approximate surface area is 155 Å². The third-order valence-electron chi connectivity index (χ3n) is 4.65. The summed E-state index contributed by atoms with van der Waals surface area (Å²) < 4.78 is 15.5. The number of halogens is 1. The van der Waals surface area contributed by atoms with Crippen molar-refractivity contribution < 1.29 is 9.18 Å². The van der Waals surface area contributed by atoms with E-state index >= 15 is 0 Å². The molecular weight excluding hydrogens is 347 g/mol. The summed E-state index contributed by atoms with van der Waals surface area (Å²) in [7, 11) is 0. The third kappa shape index (κ3) is 3.79. The molecule has 2 aromatic heterocycles. The minimum Gasteiger partial charge on any atom is -0.354 e. The summed E-state index contributed by atoms with van der Waals surface area (Å²) in [6.45, 7) is 1.34. The lowest BCUT2D eigenvalue weighted by Crippen LogP contribution is -2.41. The van der Waals surface area contributed by atoms with E-state index in [0.717, 1.165) is 25.2 Å². The van der Waals surface area contributed by atoms with E-state index in [1.54, 1.807) is 41.5 Å². The molecule has 1 aliphatic rings. The van der Waals surface area contributed by atoms with Crippen LogP contribution in [0.2, 0.25) is 0 Å². The van der Waals surface area contributed by atoms with Crippen LogP contribution in [0.3, 0.4) is 0 Å². The lowest BCUT2D eigenvalue weighted by atomic mass is 9.97. The summed E-state index contributed by atoms with van der Waals surface area (Å²) >= 11 is 0. The molecule has 0 spiro atoms. The van der Waals surface area contributed by atoms with E-state index in [9.17, 15) is 9.18 Å². The molecule has 1 aromatic carbocycles. The van der Waals surface area contributed by atoms with Gasteiger partial charge in [-0.15, -0.1) is 10.2 Å². The molecule has 0 radical (unpaired) electrons. The van der Waals surface area contributed by atoms with Crippen LogP contribution in [0, 0.1) is 11.7 Å². The molecule has 1 saturated heterocycles. The maximum atomic E-state index is 13.8. The van der Waals surface area contributed by atoms with Crippen LogP contribution in [0.4, 0.5) is 15.9 Å². The fourth-order valence-electron chi connectivity index (χ4n) is 3.22. The Morgan fingerprint density at radius 2 is 1.96 bits per heavy atom. The number of imidazole rings is 1. The molecule has 3 heterocycles. The van der Waals surface area contributed by atoms with Crippen molar-refractivity contribution >= 4 is 17.4 Å². The van der Waals surface area contributed by atoms with Gasteiger partial charge in [0.1, 0.15) is 12.1 Å². The second-order valence-electron chi connectivity index (χ2n) is 6.47. The highest BCUT2D eigenvalue weighted by Gasteiger charge is 2.27. The molecule has 7 nitrogen and oxygen atoms in total. The number of piperidine rings is 1. The molecule has 138 valence electrons. The number of hydrogen-bond donors (Lipinski definition) is 1. The quantitative estimate of drug-likeness (QED) is 0.768. The smallest absolute Gasteiger partial charge is 0.229 e. The monoisotopic (exact) mass is 366 g/mol. The summed E-state index contributed by atoms with van der Waals surface area (Å²) in [5, 5.41) is 11.2. The van der Waals surface area contributed by atoms with Crippen LogP contribution in [-0.4, -0.2) is 38.7 Å².